The van der Waals surface area contributed by atoms with Gasteiger partial charge in [-0.25, -0.2) is 0 Å². The predicted octanol–water partition coefficient (Wildman–Crippen LogP) is 3.37. The molecule has 0 aromatic heterocycles. The molecule has 0 saturated carbocycles. The van der Waals surface area contributed by atoms with Gasteiger partial charge in [-0.15, -0.1) is 9.24 Å². The van der Waals surface area contributed by atoms with Crippen LogP contribution in [0.25, 0.3) is 0 Å². The number of hydrogen-bond acceptors (Lipinski definition) is 0. The lowest BCUT2D eigenvalue weighted by molar-refractivity contribution is 1.42. The van der Waals surface area contributed by atoms with Crippen LogP contribution in [0.15, 0.2) is 18.2 Å². The van der Waals surface area contributed by atoms with Crippen molar-refractivity contribution in [3.05, 3.63) is 33.8 Å². The van der Waals surface area contributed by atoms with Gasteiger partial charge in [0.1, 0.15) is 0 Å². The first-order valence-electron chi connectivity index (χ1n) is 2.88. The summed E-state index contributed by atoms with van der Waals surface area (Å²) in [4.78, 5) is 0. The van der Waals surface area contributed by atoms with Gasteiger partial charge in [-0.05, 0) is 23.9 Å². The molecule has 3 heteroatoms. The number of halogens is 2. The van der Waals surface area contributed by atoms with Gasteiger partial charge in [0.2, 0.25) is 0 Å². The Balaban J connectivity index is 3.04. The molecule has 0 N–H and O–H groups in total. The van der Waals surface area contributed by atoms with Gasteiger partial charge in [-0.2, -0.15) is 0 Å². The van der Waals surface area contributed by atoms with Crippen molar-refractivity contribution in [2.24, 2.45) is 0 Å². The molecule has 1 aromatic carbocycles. The molecule has 0 saturated heterocycles. The summed E-state index contributed by atoms with van der Waals surface area (Å²) in [6, 6.07) is 5.64. The molecule has 0 radical (unpaired) electrons. The number of benzene rings is 1. The van der Waals surface area contributed by atoms with Crippen molar-refractivity contribution in [2.45, 2.75) is 6.16 Å². The van der Waals surface area contributed by atoms with Gasteiger partial charge in [-0.1, -0.05) is 29.3 Å². The molecule has 0 bridgehead atoms. The molecule has 10 heavy (non-hydrogen) atoms. The standard InChI is InChI=1S/C7H7Cl2P/c8-6-2-1-5(4-10)3-7(6)9/h1-3H,4,10H2. The van der Waals surface area contributed by atoms with Crippen LogP contribution >= 0.6 is 32.4 Å². The summed E-state index contributed by atoms with van der Waals surface area (Å²) >= 11 is 11.5. The fourth-order valence-electron chi connectivity index (χ4n) is 0.667. The van der Waals surface area contributed by atoms with Crippen LogP contribution in [0.3, 0.4) is 0 Å². The molecule has 0 amide bonds. The quantitative estimate of drug-likeness (QED) is 0.599. The fourth-order valence-corrected chi connectivity index (χ4v) is 1.24. The Morgan fingerprint density at radius 3 is 2.40 bits per heavy atom. The van der Waals surface area contributed by atoms with Crippen molar-refractivity contribution in [3.63, 3.8) is 0 Å². The second kappa shape index (κ2) is 3.57. The Morgan fingerprint density at radius 1 is 1.20 bits per heavy atom. The second-order valence-electron chi connectivity index (χ2n) is 1.95. The van der Waals surface area contributed by atoms with Crippen molar-refractivity contribution in [1.82, 2.24) is 0 Å². The number of hydrogen-bond donors (Lipinski definition) is 0. The Bertz CT molecular complexity index is 235. The lowest BCUT2D eigenvalue weighted by atomic mass is 10.2. The van der Waals surface area contributed by atoms with E-state index >= 15 is 0 Å². The maximum atomic E-state index is 5.75. The molecule has 0 aliphatic rings. The summed E-state index contributed by atoms with van der Waals surface area (Å²) < 4.78 is 0. The van der Waals surface area contributed by atoms with Gasteiger partial charge in [0.15, 0.2) is 0 Å². The number of rotatable bonds is 1. The summed E-state index contributed by atoms with van der Waals surface area (Å²) in [5.74, 6) is 0. The lowest BCUT2D eigenvalue weighted by Crippen LogP contribution is -1.76. The molecule has 0 spiro atoms. The smallest absolute Gasteiger partial charge is 0.0595 e. The van der Waals surface area contributed by atoms with E-state index in [1.54, 1.807) is 0 Å². The molecule has 0 aliphatic heterocycles. The zero-order valence-corrected chi connectivity index (χ0v) is 7.94. The SMILES string of the molecule is PCc1ccc(Cl)c(Cl)c1. The maximum absolute atomic E-state index is 5.75. The summed E-state index contributed by atoms with van der Waals surface area (Å²) in [6.07, 6.45) is 0.914. The highest BCUT2D eigenvalue weighted by Gasteiger charge is 1.96. The summed E-state index contributed by atoms with van der Waals surface area (Å²) in [6.45, 7) is 0. The third kappa shape index (κ3) is 1.85. The van der Waals surface area contributed by atoms with Crippen LogP contribution in [0, 0.1) is 0 Å². The summed E-state index contributed by atoms with van der Waals surface area (Å²) in [7, 11) is 2.63. The minimum absolute atomic E-state index is 0.615. The highest BCUT2D eigenvalue weighted by Crippen LogP contribution is 2.23. The first kappa shape index (κ1) is 8.33. The molecule has 1 atom stereocenters. The highest BCUT2D eigenvalue weighted by atomic mass is 35.5. The van der Waals surface area contributed by atoms with E-state index in [-0.39, 0.29) is 0 Å². The molecular formula is C7H7Cl2P. The van der Waals surface area contributed by atoms with E-state index in [0.717, 1.165) is 6.16 Å². The van der Waals surface area contributed by atoms with Crippen LogP contribution in [0.4, 0.5) is 0 Å². The van der Waals surface area contributed by atoms with Gasteiger partial charge < -0.3 is 0 Å². The zero-order chi connectivity index (χ0) is 7.56. The van der Waals surface area contributed by atoms with Crippen molar-refractivity contribution >= 4 is 32.4 Å². The van der Waals surface area contributed by atoms with Crippen LogP contribution in [-0.4, -0.2) is 0 Å². The molecule has 0 nitrogen and oxygen atoms in total. The van der Waals surface area contributed by atoms with E-state index < -0.39 is 0 Å². The zero-order valence-electron chi connectivity index (χ0n) is 5.27. The van der Waals surface area contributed by atoms with E-state index in [0.29, 0.717) is 10.0 Å². The van der Waals surface area contributed by atoms with Gasteiger partial charge in [0.25, 0.3) is 0 Å². The molecule has 0 heterocycles. The molecular weight excluding hydrogens is 186 g/mol. The predicted molar refractivity (Wildman–Crippen MR) is 49.9 cm³/mol. The fraction of sp³-hybridized carbons (Fsp3) is 0.143. The molecule has 54 valence electrons. The van der Waals surface area contributed by atoms with Crippen molar-refractivity contribution in [3.8, 4) is 0 Å². The Hall–Kier alpha value is 0.230. The first-order chi connectivity index (χ1) is 4.74. The van der Waals surface area contributed by atoms with E-state index in [9.17, 15) is 0 Å². The molecule has 1 rings (SSSR count). The van der Waals surface area contributed by atoms with E-state index in [1.165, 1.54) is 5.56 Å². The monoisotopic (exact) mass is 192 g/mol. The summed E-state index contributed by atoms with van der Waals surface area (Å²) in [5.41, 5.74) is 1.18. The van der Waals surface area contributed by atoms with Crippen molar-refractivity contribution in [2.75, 3.05) is 0 Å². The molecule has 1 aromatic rings. The van der Waals surface area contributed by atoms with Crippen LogP contribution in [0.2, 0.25) is 10.0 Å². The van der Waals surface area contributed by atoms with Gasteiger partial charge in [0.05, 0.1) is 10.0 Å². The minimum Gasteiger partial charge on any atom is -0.133 e. The molecule has 0 aliphatic carbocycles. The minimum atomic E-state index is 0.615. The topological polar surface area (TPSA) is 0 Å². The summed E-state index contributed by atoms with van der Waals surface area (Å²) in [5, 5.41) is 1.24. The normalized spacial score (nSPS) is 9.90. The van der Waals surface area contributed by atoms with E-state index in [1.807, 2.05) is 18.2 Å². The maximum Gasteiger partial charge on any atom is 0.0595 e. The first-order valence-corrected chi connectivity index (χ1v) is 4.45. The van der Waals surface area contributed by atoms with E-state index in [2.05, 4.69) is 9.24 Å². The second-order valence-corrected chi connectivity index (χ2v) is 3.18. The highest BCUT2D eigenvalue weighted by molar-refractivity contribution is 7.15. The van der Waals surface area contributed by atoms with Gasteiger partial charge >= 0.3 is 0 Å². The van der Waals surface area contributed by atoms with Gasteiger partial charge in [0, 0.05) is 0 Å². The average Bonchev–Trinajstić information content (AvgIpc) is 1.95. The Labute approximate surface area is 72.7 Å². The van der Waals surface area contributed by atoms with E-state index in [4.69, 9.17) is 23.2 Å². The average molecular weight is 193 g/mol. The Kier molecular flexibility index (Phi) is 2.97. The molecule has 0 fully saturated rings. The molecule has 1 unspecified atom stereocenters. The third-order valence-electron chi connectivity index (χ3n) is 1.22. The van der Waals surface area contributed by atoms with Crippen LogP contribution in [0.5, 0.6) is 0 Å². The Morgan fingerprint density at radius 2 is 1.90 bits per heavy atom. The van der Waals surface area contributed by atoms with Gasteiger partial charge in [-0.3, -0.25) is 0 Å². The largest absolute Gasteiger partial charge is 0.133 e. The van der Waals surface area contributed by atoms with Crippen LogP contribution in [-0.2, 0) is 6.16 Å². The van der Waals surface area contributed by atoms with Crippen molar-refractivity contribution in [1.29, 1.82) is 0 Å². The van der Waals surface area contributed by atoms with Crippen LogP contribution < -0.4 is 0 Å². The third-order valence-corrected chi connectivity index (χ3v) is 2.43. The van der Waals surface area contributed by atoms with Crippen molar-refractivity contribution < 1.29 is 0 Å². The van der Waals surface area contributed by atoms with Crippen LogP contribution in [0.1, 0.15) is 5.56 Å². The lowest BCUT2D eigenvalue weighted by Gasteiger charge is -1.97.